The summed E-state index contributed by atoms with van der Waals surface area (Å²) in [4.78, 5) is 0. The predicted molar refractivity (Wildman–Crippen MR) is 360 cm³/mol. The first kappa shape index (κ1) is 54.9. The molecule has 1 N–H and O–H groups in total. The van der Waals surface area contributed by atoms with Gasteiger partial charge in [-0.1, -0.05) is 285 Å². The molecule has 0 amide bonds. The molecule has 87 heavy (non-hydrogen) atoms. The Morgan fingerprint density at radius 3 is 0.724 bits per heavy atom. The monoisotopic (exact) mass is 1170 g/mol. The first-order chi connectivity index (χ1) is 42.5. The molecule has 15 rings (SSSR count). The maximum Gasteiger partial charge on any atom is 0.522 e. The van der Waals surface area contributed by atoms with Gasteiger partial charge in [0.15, 0.2) is 0 Å². The molecule has 0 radical (unpaired) electrons. The number of rotatable bonds is 9. The molecule has 0 bridgehead atoms. The first-order valence-electron chi connectivity index (χ1n) is 28.6. The lowest BCUT2D eigenvalue weighted by atomic mass is 9.88. The van der Waals surface area contributed by atoms with Gasteiger partial charge in [-0.2, -0.15) is 21.6 Å². The van der Waals surface area contributed by atoms with Crippen LogP contribution in [0.5, 0.6) is 0 Å². The van der Waals surface area contributed by atoms with Crippen molar-refractivity contribution in [3.63, 3.8) is 0 Å². The van der Waals surface area contributed by atoms with Gasteiger partial charge in [-0.05, 0) is 169 Å². The van der Waals surface area contributed by atoms with E-state index in [1.165, 1.54) is 147 Å². The molecule has 15 aromatic rings. The van der Waals surface area contributed by atoms with Crippen LogP contribution in [0.15, 0.2) is 309 Å². The molecule has 0 spiro atoms. The van der Waals surface area contributed by atoms with Crippen LogP contribution in [-0.4, -0.2) is 18.5 Å². The molecule has 3 nitrogen and oxygen atoms in total. The van der Waals surface area contributed by atoms with Gasteiger partial charge in [0.05, 0.1) is 0 Å². The van der Waals surface area contributed by atoms with Gasteiger partial charge in [0, 0.05) is 10.6 Å². The minimum absolute atomic E-state index is 1.18. The van der Waals surface area contributed by atoms with Gasteiger partial charge >= 0.3 is 15.6 Å². The Bertz CT molecular complexity index is 4750. The molecule has 0 fully saturated rings. The lowest BCUT2D eigenvalue weighted by Crippen LogP contribution is -2.27. The maximum absolute atomic E-state index is 10.7. The molecule has 0 atom stereocenters. The Morgan fingerprint density at radius 1 is 0.264 bits per heavy atom. The van der Waals surface area contributed by atoms with Crippen LogP contribution in [0, 0.1) is 0 Å². The SMILES string of the molecule is O=S(=O)(O)C(F)(F)F.c1ccc(P(c2c(-c3cccc4ccccc34)cc(-c3cccc4ccccc34)cc2-c2cccc3ccccc23)c2c(-c3cccc4ccccc34)cc(-c3cccc4ccccc34)cc2-c2cccc3ccccc23)cc1. The Morgan fingerprint density at radius 2 is 0.471 bits per heavy atom. The summed E-state index contributed by atoms with van der Waals surface area (Å²) in [6.45, 7) is 0. The first-order valence-corrected chi connectivity index (χ1v) is 31.4. The average molecular weight is 1170 g/mol. The minimum Gasteiger partial charge on any atom is -0.279 e. The molecule has 0 aliphatic heterocycles. The lowest BCUT2D eigenvalue weighted by molar-refractivity contribution is -0.0510. The summed E-state index contributed by atoms with van der Waals surface area (Å²) < 4.78 is 57.5. The number of hydrogen-bond donors (Lipinski definition) is 1. The molecule has 0 aliphatic rings. The molecule has 0 aliphatic carbocycles. The normalized spacial score (nSPS) is 11.9. The smallest absolute Gasteiger partial charge is 0.279 e. The van der Waals surface area contributed by atoms with E-state index >= 15 is 0 Å². The minimum atomic E-state index is -5.84. The van der Waals surface area contributed by atoms with Crippen LogP contribution in [0.25, 0.3) is 131 Å². The van der Waals surface area contributed by atoms with Gasteiger partial charge in [0.2, 0.25) is 0 Å². The van der Waals surface area contributed by atoms with E-state index < -0.39 is 23.5 Å². The second kappa shape index (κ2) is 22.8. The van der Waals surface area contributed by atoms with Gasteiger partial charge in [-0.25, -0.2) is 0 Å². The van der Waals surface area contributed by atoms with Gasteiger partial charge in [0.1, 0.15) is 0 Å². The molecule has 0 saturated heterocycles. The van der Waals surface area contributed by atoms with E-state index in [1.807, 2.05) is 0 Å². The van der Waals surface area contributed by atoms with Gasteiger partial charge in [-0.3, -0.25) is 4.55 Å². The number of benzene rings is 15. The van der Waals surface area contributed by atoms with Crippen molar-refractivity contribution in [1.82, 2.24) is 0 Å². The van der Waals surface area contributed by atoms with Gasteiger partial charge < -0.3 is 0 Å². The summed E-state index contributed by atoms with van der Waals surface area (Å²) in [5.41, 5.74) is 9.02. The Balaban J connectivity index is 0.000000781. The molecule has 0 aromatic heterocycles. The van der Waals surface area contributed by atoms with E-state index in [0.717, 1.165) is 0 Å². The fourth-order valence-electron chi connectivity index (χ4n) is 12.6. The van der Waals surface area contributed by atoms with Crippen LogP contribution >= 0.6 is 7.92 Å². The third kappa shape index (κ3) is 10.3. The quantitative estimate of drug-likeness (QED) is 0.0890. The highest BCUT2D eigenvalue weighted by Gasteiger charge is 2.44. The molecule has 0 heterocycles. The Kier molecular flexibility index (Phi) is 14.4. The second-order valence-electron chi connectivity index (χ2n) is 21.6. The summed E-state index contributed by atoms with van der Waals surface area (Å²) in [5, 5.41) is 18.6. The van der Waals surface area contributed by atoms with Crippen LogP contribution in [0.4, 0.5) is 13.2 Å². The van der Waals surface area contributed by atoms with Crippen molar-refractivity contribution in [2.75, 3.05) is 0 Å². The Labute approximate surface area is 503 Å². The number of hydrogen-bond acceptors (Lipinski definition) is 2. The molecule has 0 unspecified atom stereocenters. The average Bonchev–Trinajstić information content (AvgIpc) is 0.800. The highest BCUT2D eigenvalue weighted by atomic mass is 32.2. The van der Waals surface area contributed by atoms with Crippen molar-refractivity contribution in [1.29, 1.82) is 0 Å². The number of fused-ring (bicyclic) bond motifs is 6. The van der Waals surface area contributed by atoms with E-state index in [9.17, 15) is 13.2 Å². The number of halogens is 3. The predicted octanol–water partition coefficient (Wildman–Crippen LogP) is 20.8. The van der Waals surface area contributed by atoms with Crippen molar-refractivity contribution < 1.29 is 26.1 Å². The van der Waals surface area contributed by atoms with E-state index in [4.69, 9.17) is 13.0 Å². The zero-order valence-electron chi connectivity index (χ0n) is 46.7. The van der Waals surface area contributed by atoms with Crippen LogP contribution in [-0.2, 0) is 10.1 Å². The fraction of sp³-hybridized carbons (Fsp3) is 0.0127. The lowest BCUT2D eigenvalue weighted by Gasteiger charge is -2.32. The number of alkyl halides is 3. The van der Waals surface area contributed by atoms with E-state index in [0.29, 0.717) is 0 Å². The van der Waals surface area contributed by atoms with Gasteiger partial charge in [-0.15, -0.1) is 0 Å². The van der Waals surface area contributed by atoms with Crippen LogP contribution < -0.4 is 15.9 Å². The van der Waals surface area contributed by atoms with Crippen molar-refractivity contribution in [2.45, 2.75) is 5.51 Å². The fourth-order valence-corrected chi connectivity index (χ4v) is 15.5. The highest BCUT2D eigenvalue weighted by molar-refractivity contribution is 7.86. The molecule has 418 valence electrons. The van der Waals surface area contributed by atoms with E-state index in [1.54, 1.807) is 0 Å². The van der Waals surface area contributed by atoms with E-state index in [-0.39, 0.29) is 0 Å². The summed E-state index contributed by atoms with van der Waals surface area (Å²) >= 11 is 0. The summed E-state index contributed by atoms with van der Waals surface area (Å²) in [6, 6.07) is 116. The van der Waals surface area contributed by atoms with Crippen LogP contribution in [0.1, 0.15) is 0 Å². The summed E-state index contributed by atoms with van der Waals surface area (Å²) in [5.74, 6) is 0. The van der Waals surface area contributed by atoms with E-state index in [2.05, 4.69) is 309 Å². The summed E-state index contributed by atoms with van der Waals surface area (Å²) in [7, 11) is -7.32. The van der Waals surface area contributed by atoms with Crippen molar-refractivity contribution in [2.24, 2.45) is 0 Å². The van der Waals surface area contributed by atoms with Crippen molar-refractivity contribution in [3.8, 4) is 66.8 Å². The highest BCUT2D eigenvalue weighted by Crippen LogP contribution is 2.52. The topological polar surface area (TPSA) is 54.4 Å². The molecule has 0 saturated carbocycles. The second-order valence-corrected chi connectivity index (χ2v) is 25.1. The maximum atomic E-state index is 10.7. The molecule has 15 aromatic carbocycles. The third-order valence-electron chi connectivity index (χ3n) is 16.5. The molecular formula is C79H52F3O3PS. The van der Waals surface area contributed by atoms with Crippen molar-refractivity contribution >= 4 is 98.6 Å². The van der Waals surface area contributed by atoms with Crippen molar-refractivity contribution in [3.05, 3.63) is 309 Å². The molecular weight excluding hydrogens is 1120 g/mol. The molecule has 8 heteroatoms. The van der Waals surface area contributed by atoms with Crippen LogP contribution in [0.2, 0.25) is 0 Å². The van der Waals surface area contributed by atoms with Crippen LogP contribution in [0.3, 0.4) is 0 Å². The zero-order chi connectivity index (χ0) is 59.2. The van der Waals surface area contributed by atoms with Gasteiger partial charge in [0.25, 0.3) is 0 Å². The third-order valence-corrected chi connectivity index (χ3v) is 19.8. The standard InChI is InChI=1S/C78H51P.CHF3O3S/c1-2-34-60(35-3-1)79(77-73(69-44-18-30-54-24-6-12-38-63(54)69)48-58(67-42-16-28-52-22-4-10-36-61(52)67)49-74(77)70-45-19-31-55-25-7-13-39-64(55)70)78-75(71-46-20-32-56-26-8-14-40-65(56)71)50-59(68-43-17-29-53-23-5-11-37-62(53)68)51-76(78)72-47-21-33-57-27-9-15-41-66(57)72;2-1(3,4)8(5,6)7/h1-51H;(H,5,6,7). The summed E-state index contributed by atoms with van der Waals surface area (Å²) in [6.07, 6.45) is 0. The Hall–Kier alpha value is -10.0. The largest absolute Gasteiger partial charge is 0.522 e. The zero-order valence-corrected chi connectivity index (χ0v) is 48.4.